The summed E-state index contributed by atoms with van der Waals surface area (Å²) >= 11 is 0. The summed E-state index contributed by atoms with van der Waals surface area (Å²) in [5.41, 5.74) is 6.44. The lowest BCUT2D eigenvalue weighted by atomic mass is 10.1. The largest absolute Gasteiger partial charge is 0.379 e. The van der Waals surface area contributed by atoms with E-state index >= 15 is 0 Å². The zero-order valence-corrected chi connectivity index (χ0v) is 21.0. The van der Waals surface area contributed by atoms with Gasteiger partial charge in [0, 0.05) is 49.4 Å². The monoisotopic (exact) mass is 476 g/mol. The number of aryl methyl sites for hydroxylation is 1. The molecule has 1 aliphatic heterocycles. The highest BCUT2D eigenvalue weighted by Gasteiger charge is 2.24. The minimum Gasteiger partial charge on any atom is -0.379 e. The van der Waals surface area contributed by atoms with Crippen molar-refractivity contribution in [3.8, 4) is 0 Å². The first kappa shape index (κ1) is 23.9. The van der Waals surface area contributed by atoms with Crippen LogP contribution in [0, 0.1) is 25.6 Å². The lowest BCUT2D eigenvalue weighted by Gasteiger charge is -2.21. The number of carbonyl (C=O) groups is 1. The third-order valence-electron chi connectivity index (χ3n) is 7.92. The maximum atomic E-state index is 13.6. The van der Waals surface area contributed by atoms with E-state index in [1.165, 1.54) is 54.6 Å². The fraction of sp³-hybridized carbons (Fsp3) is 0.483. The number of hydrogen-bond donors (Lipinski definition) is 2. The van der Waals surface area contributed by atoms with E-state index in [2.05, 4.69) is 35.1 Å². The predicted octanol–water partition coefficient (Wildman–Crippen LogP) is 5.64. The van der Waals surface area contributed by atoms with Crippen molar-refractivity contribution >= 4 is 22.5 Å². The maximum absolute atomic E-state index is 13.6. The normalized spacial score (nSPS) is 17.2. The van der Waals surface area contributed by atoms with Crippen molar-refractivity contribution < 1.29 is 9.18 Å². The first-order chi connectivity index (χ1) is 17.0. The van der Waals surface area contributed by atoms with Gasteiger partial charge in [0.2, 0.25) is 0 Å². The SMILES string of the molecule is Cc1c(C)n(CC2CCCC2)c2c(NCc3ccc(F)cc3)cc(C(=O)N3CCCNCC3)cc12. The van der Waals surface area contributed by atoms with Crippen LogP contribution < -0.4 is 10.6 Å². The van der Waals surface area contributed by atoms with E-state index < -0.39 is 0 Å². The third kappa shape index (κ3) is 5.08. The number of nitrogens with one attached hydrogen (secondary N) is 2. The van der Waals surface area contributed by atoms with Crippen molar-refractivity contribution in [2.24, 2.45) is 5.92 Å². The average Bonchev–Trinajstić information content (AvgIpc) is 3.35. The number of aromatic nitrogens is 1. The van der Waals surface area contributed by atoms with Gasteiger partial charge in [-0.2, -0.15) is 0 Å². The highest BCUT2D eigenvalue weighted by Crippen LogP contribution is 2.36. The van der Waals surface area contributed by atoms with Gasteiger partial charge in [0.05, 0.1) is 11.2 Å². The van der Waals surface area contributed by atoms with Gasteiger partial charge in [-0.1, -0.05) is 25.0 Å². The highest BCUT2D eigenvalue weighted by atomic mass is 19.1. The molecule has 0 spiro atoms. The lowest BCUT2D eigenvalue weighted by Crippen LogP contribution is -2.34. The molecule has 1 amide bonds. The molecule has 2 heterocycles. The number of carbonyl (C=O) groups excluding carboxylic acids is 1. The molecule has 0 bridgehead atoms. The Hall–Kier alpha value is -2.86. The summed E-state index contributed by atoms with van der Waals surface area (Å²) in [4.78, 5) is 15.5. The van der Waals surface area contributed by atoms with E-state index in [0.717, 1.165) is 61.3 Å². The van der Waals surface area contributed by atoms with Crippen LogP contribution >= 0.6 is 0 Å². The van der Waals surface area contributed by atoms with Crippen molar-refractivity contribution in [2.75, 3.05) is 31.5 Å². The maximum Gasteiger partial charge on any atom is 0.253 e. The third-order valence-corrected chi connectivity index (χ3v) is 7.92. The Morgan fingerprint density at radius 1 is 1.06 bits per heavy atom. The molecule has 6 heteroatoms. The molecule has 186 valence electrons. The van der Waals surface area contributed by atoms with Crippen LogP contribution in [0.1, 0.15) is 59.3 Å². The number of benzene rings is 2. The summed E-state index contributed by atoms with van der Waals surface area (Å²) in [7, 11) is 0. The number of anilines is 1. The molecule has 2 aliphatic rings. The summed E-state index contributed by atoms with van der Waals surface area (Å²) < 4.78 is 15.9. The number of hydrogen-bond acceptors (Lipinski definition) is 3. The second-order valence-electron chi connectivity index (χ2n) is 10.3. The number of rotatable bonds is 6. The second-order valence-corrected chi connectivity index (χ2v) is 10.3. The molecule has 3 aromatic rings. The number of fused-ring (bicyclic) bond motifs is 1. The quantitative estimate of drug-likeness (QED) is 0.484. The Morgan fingerprint density at radius 2 is 1.83 bits per heavy atom. The molecule has 5 nitrogen and oxygen atoms in total. The number of amides is 1. The van der Waals surface area contributed by atoms with E-state index in [0.29, 0.717) is 12.5 Å². The van der Waals surface area contributed by atoms with E-state index in [1.807, 2.05) is 23.1 Å². The molecule has 1 saturated heterocycles. The summed E-state index contributed by atoms with van der Waals surface area (Å²) in [5, 5.41) is 8.15. The molecular formula is C29H37FN4O. The van der Waals surface area contributed by atoms with Crippen LogP contribution in [-0.2, 0) is 13.1 Å². The molecule has 2 N–H and O–H groups in total. The standard InChI is InChI=1S/C29H37FN4O/c1-20-21(2)34(19-23-6-3-4-7-23)28-26(20)16-24(29(35)33-14-5-12-31-13-15-33)17-27(28)32-18-22-8-10-25(30)11-9-22/h8-11,16-17,23,31-32H,3-7,12-15,18-19H2,1-2H3. The zero-order chi connectivity index (χ0) is 24.4. The molecule has 0 radical (unpaired) electrons. The molecule has 0 unspecified atom stereocenters. The van der Waals surface area contributed by atoms with Crippen LogP contribution in [0.15, 0.2) is 36.4 Å². The average molecular weight is 477 g/mol. The van der Waals surface area contributed by atoms with Crippen LogP contribution in [0.5, 0.6) is 0 Å². The molecule has 35 heavy (non-hydrogen) atoms. The van der Waals surface area contributed by atoms with Crippen LogP contribution in [0.3, 0.4) is 0 Å². The van der Waals surface area contributed by atoms with Crippen LogP contribution in [0.4, 0.5) is 10.1 Å². The first-order valence-corrected chi connectivity index (χ1v) is 13.1. The predicted molar refractivity (Wildman–Crippen MR) is 140 cm³/mol. The number of halogens is 1. The van der Waals surface area contributed by atoms with E-state index in [9.17, 15) is 9.18 Å². The van der Waals surface area contributed by atoms with Gasteiger partial charge < -0.3 is 20.1 Å². The minimum atomic E-state index is -0.229. The van der Waals surface area contributed by atoms with Gasteiger partial charge in [0.15, 0.2) is 0 Å². The van der Waals surface area contributed by atoms with Crippen molar-refractivity contribution in [1.82, 2.24) is 14.8 Å². The number of nitrogens with zero attached hydrogens (tertiary/aromatic N) is 2. The molecule has 1 aliphatic carbocycles. The molecular weight excluding hydrogens is 439 g/mol. The smallest absolute Gasteiger partial charge is 0.253 e. The Bertz CT molecular complexity index is 1190. The topological polar surface area (TPSA) is 49.3 Å². The summed E-state index contributed by atoms with van der Waals surface area (Å²) in [6.07, 6.45) is 6.19. The van der Waals surface area contributed by atoms with Crippen LogP contribution in [0.25, 0.3) is 10.9 Å². The van der Waals surface area contributed by atoms with Crippen molar-refractivity contribution in [3.05, 3.63) is 64.6 Å². The van der Waals surface area contributed by atoms with E-state index in [4.69, 9.17) is 0 Å². The van der Waals surface area contributed by atoms with Crippen molar-refractivity contribution in [3.63, 3.8) is 0 Å². The Morgan fingerprint density at radius 3 is 2.60 bits per heavy atom. The van der Waals surface area contributed by atoms with Crippen molar-refractivity contribution in [1.29, 1.82) is 0 Å². The van der Waals surface area contributed by atoms with E-state index in [-0.39, 0.29) is 11.7 Å². The molecule has 2 fully saturated rings. The fourth-order valence-corrected chi connectivity index (χ4v) is 5.74. The van der Waals surface area contributed by atoms with E-state index in [1.54, 1.807) is 0 Å². The Kier molecular flexibility index (Phi) is 7.09. The van der Waals surface area contributed by atoms with Gasteiger partial charge >= 0.3 is 0 Å². The Labute approximate surface area is 207 Å². The summed E-state index contributed by atoms with van der Waals surface area (Å²) in [5.74, 6) is 0.577. The lowest BCUT2D eigenvalue weighted by molar-refractivity contribution is 0.0766. The molecule has 1 saturated carbocycles. The zero-order valence-electron chi connectivity index (χ0n) is 21.0. The summed E-state index contributed by atoms with van der Waals surface area (Å²) in [6, 6.07) is 10.8. The van der Waals surface area contributed by atoms with Crippen molar-refractivity contribution in [2.45, 2.75) is 59.0 Å². The van der Waals surface area contributed by atoms with Gasteiger partial charge in [0.1, 0.15) is 5.82 Å². The van der Waals surface area contributed by atoms with Gasteiger partial charge in [-0.15, -0.1) is 0 Å². The Balaban J connectivity index is 1.55. The fourth-order valence-electron chi connectivity index (χ4n) is 5.74. The molecule has 2 aromatic carbocycles. The van der Waals surface area contributed by atoms with Gasteiger partial charge in [-0.05, 0) is 81.0 Å². The molecule has 5 rings (SSSR count). The van der Waals surface area contributed by atoms with Crippen LogP contribution in [-0.4, -0.2) is 41.6 Å². The second kappa shape index (κ2) is 10.4. The first-order valence-electron chi connectivity index (χ1n) is 13.1. The van der Waals surface area contributed by atoms with Gasteiger partial charge in [-0.3, -0.25) is 4.79 Å². The van der Waals surface area contributed by atoms with Gasteiger partial charge in [0.25, 0.3) is 5.91 Å². The molecule has 1 aromatic heterocycles. The summed E-state index contributed by atoms with van der Waals surface area (Å²) in [6.45, 7) is 9.28. The van der Waals surface area contributed by atoms with Crippen LogP contribution in [0.2, 0.25) is 0 Å². The minimum absolute atomic E-state index is 0.0982. The highest BCUT2D eigenvalue weighted by molar-refractivity contribution is 6.04. The molecule has 0 atom stereocenters. The van der Waals surface area contributed by atoms with Gasteiger partial charge in [-0.25, -0.2) is 4.39 Å².